The SMILES string of the molecule is CCC1(CC)NC(=O)CN(C2CCN3CCCC23)C1=O. The molecule has 5 heteroatoms. The number of nitrogens with one attached hydrogen (secondary N) is 1. The Labute approximate surface area is 120 Å². The Morgan fingerprint density at radius 3 is 2.60 bits per heavy atom. The number of amides is 2. The lowest BCUT2D eigenvalue weighted by Crippen LogP contribution is -2.68. The van der Waals surface area contributed by atoms with Gasteiger partial charge in [-0.05, 0) is 38.6 Å². The van der Waals surface area contributed by atoms with Crippen LogP contribution in [-0.4, -0.2) is 58.9 Å². The van der Waals surface area contributed by atoms with Crippen LogP contribution in [0.15, 0.2) is 0 Å². The molecule has 0 aromatic rings. The van der Waals surface area contributed by atoms with Crippen LogP contribution in [0.2, 0.25) is 0 Å². The minimum atomic E-state index is -0.665. The molecule has 3 saturated heterocycles. The Balaban J connectivity index is 1.85. The summed E-state index contributed by atoms with van der Waals surface area (Å²) in [5.41, 5.74) is -0.665. The van der Waals surface area contributed by atoms with Gasteiger partial charge in [0.15, 0.2) is 0 Å². The smallest absolute Gasteiger partial charge is 0.249 e. The van der Waals surface area contributed by atoms with E-state index in [2.05, 4.69) is 10.2 Å². The summed E-state index contributed by atoms with van der Waals surface area (Å²) in [5, 5.41) is 2.95. The second-order valence-electron chi connectivity index (χ2n) is 6.37. The fraction of sp³-hybridized carbons (Fsp3) is 0.867. The third-order valence-corrected chi connectivity index (χ3v) is 5.54. The van der Waals surface area contributed by atoms with Crippen LogP contribution in [0.3, 0.4) is 0 Å². The van der Waals surface area contributed by atoms with Crippen molar-refractivity contribution >= 4 is 11.8 Å². The zero-order valence-corrected chi connectivity index (χ0v) is 12.5. The van der Waals surface area contributed by atoms with Gasteiger partial charge in [-0.2, -0.15) is 0 Å². The maximum Gasteiger partial charge on any atom is 0.249 e. The number of fused-ring (bicyclic) bond motifs is 1. The van der Waals surface area contributed by atoms with Gasteiger partial charge in [-0.15, -0.1) is 0 Å². The second-order valence-corrected chi connectivity index (χ2v) is 6.37. The molecular weight excluding hydrogens is 254 g/mol. The number of carbonyl (C=O) groups excluding carboxylic acids is 2. The van der Waals surface area contributed by atoms with Gasteiger partial charge in [0.05, 0.1) is 6.54 Å². The van der Waals surface area contributed by atoms with Gasteiger partial charge >= 0.3 is 0 Å². The van der Waals surface area contributed by atoms with Gasteiger partial charge in [-0.25, -0.2) is 0 Å². The molecule has 2 amide bonds. The molecule has 5 nitrogen and oxygen atoms in total. The molecule has 1 N–H and O–H groups in total. The average Bonchev–Trinajstić information content (AvgIpc) is 3.04. The molecule has 0 spiro atoms. The Morgan fingerprint density at radius 2 is 1.90 bits per heavy atom. The van der Waals surface area contributed by atoms with E-state index in [9.17, 15) is 9.59 Å². The normalized spacial score (nSPS) is 33.4. The predicted molar refractivity (Wildman–Crippen MR) is 76.2 cm³/mol. The van der Waals surface area contributed by atoms with Gasteiger partial charge in [0.2, 0.25) is 11.8 Å². The molecular formula is C15H25N3O2. The maximum atomic E-state index is 12.9. The fourth-order valence-electron chi connectivity index (χ4n) is 4.28. The number of piperazine rings is 1. The van der Waals surface area contributed by atoms with Gasteiger partial charge < -0.3 is 10.2 Å². The van der Waals surface area contributed by atoms with E-state index in [1.807, 2.05) is 18.7 Å². The Kier molecular flexibility index (Phi) is 3.48. The van der Waals surface area contributed by atoms with Crippen molar-refractivity contribution in [3.63, 3.8) is 0 Å². The number of hydrogen-bond donors (Lipinski definition) is 1. The zero-order chi connectivity index (χ0) is 14.3. The molecule has 0 aromatic heterocycles. The number of nitrogens with zero attached hydrogens (tertiary/aromatic N) is 2. The van der Waals surface area contributed by atoms with E-state index < -0.39 is 5.54 Å². The number of rotatable bonds is 3. The van der Waals surface area contributed by atoms with Gasteiger partial charge in [0.1, 0.15) is 5.54 Å². The van der Waals surface area contributed by atoms with E-state index in [4.69, 9.17) is 0 Å². The Bertz CT molecular complexity index is 419. The molecule has 3 aliphatic heterocycles. The Hall–Kier alpha value is -1.10. The summed E-state index contributed by atoms with van der Waals surface area (Å²) in [5.74, 6) is 0.144. The van der Waals surface area contributed by atoms with Crippen molar-refractivity contribution in [2.75, 3.05) is 19.6 Å². The molecule has 112 valence electrons. The van der Waals surface area contributed by atoms with Crippen molar-refractivity contribution in [2.45, 2.75) is 63.6 Å². The highest BCUT2D eigenvalue weighted by Crippen LogP contribution is 2.34. The first kappa shape index (κ1) is 13.9. The van der Waals surface area contributed by atoms with Crippen LogP contribution in [0.1, 0.15) is 46.0 Å². The third kappa shape index (κ3) is 1.94. The van der Waals surface area contributed by atoms with Gasteiger partial charge in [0, 0.05) is 18.6 Å². The van der Waals surface area contributed by atoms with Gasteiger partial charge in [0.25, 0.3) is 0 Å². The van der Waals surface area contributed by atoms with Crippen LogP contribution >= 0.6 is 0 Å². The summed E-state index contributed by atoms with van der Waals surface area (Å²) in [6.45, 7) is 6.45. The highest BCUT2D eigenvalue weighted by molar-refractivity contribution is 5.98. The lowest BCUT2D eigenvalue weighted by molar-refractivity contribution is -0.153. The summed E-state index contributed by atoms with van der Waals surface area (Å²) in [4.78, 5) is 29.4. The summed E-state index contributed by atoms with van der Waals surface area (Å²) in [6.07, 6.45) is 4.76. The topological polar surface area (TPSA) is 52.7 Å². The van der Waals surface area contributed by atoms with E-state index in [0.29, 0.717) is 18.9 Å². The summed E-state index contributed by atoms with van der Waals surface area (Å²) in [7, 11) is 0. The lowest BCUT2D eigenvalue weighted by Gasteiger charge is -2.44. The first-order chi connectivity index (χ1) is 9.61. The highest BCUT2D eigenvalue weighted by atomic mass is 16.2. The van der Waals surface area contributed by atoms with Gasteiger partial charge in [-0.1, -0.05) is 13.8 Å². The molecule has 0 saturated carbocycles. The molecule has 0 radical (unpaired) electrons. The molecule has 3 heterocycles. The molecule has 20 heavy (non-hydrogen) atoms. The molecule has 2 unspecified atom stereocenters. The van der Waals surface area contributed by atoms with Crippen LogP contribution in [0, 0.1) is 0 Å². The van der Waals surface area contributed by atoms with Crippen molar-refractivity contribution in [1.29, 1.82) is 0 Å². The molecule has 0 aromatic carbocycles. The van der Waals surface area contributed by atoms with Crippen LogP contribution in [0.5, 0.6) is 0 Å². The average molecular weight is 279 g/mol. The van der Waals surface area contributed by atoms with E-state index in [1.165, 1.54) is 12.8 Å². The summed E-state index contributed by atoms with van der Waals surface area (Å²) in [6, 6.07) is 0.727. The number of hydrogen-bond acceptors (Lipinski definition) is 3. The molecule has 2 atom stereocenters. The van der Waals surface area contributed by atoms with E-state index in [0.717, 1.165) is 19.5 Å². The molecule has 0 bridgehead atoms. The second kappa shape index (κ2) is 5.02. The monoisotopic (exact) mass is 279 g/mol. The van der Waals surface area contributed by atoms with Crippen LogP contribution < -0.4 is 5.32 Å². The van der Waals surface area contributed by atoms with Gasteiger partial charge in [-0.3, -0.25) is 14.5 Å². The number of carbonyl (C=O) groups is 2. The van der Waals surface area contributed by atoms with E-state index in [1.54, 1.807) is 0 Å². The van der Waals surface area contributed by atoms with Crippen molar-refractivity contribution in [3.8, 4) is 0 Å². The lowest BCUT2D eigenvalue weighted by atomic mass is 9.87. The molecule has 3 aliphatic rings. The molecule has 3 rings (SSSR count). The van der Waals surface area contributed by atoms with E-state index >= 15 is 0 Å². The van der Waals surface area contributed by atoms with Crippen molar-refractivity contribution in [2.24, 2.45) is 0 Å². The predicted octanol–water partition coefficient (Wildman–Crippen LogP) is 0.740. The van der Waals surface area contributed by atoms with Crippen LogP contribution in [0.4, 0.5) is 0 Å². The first-order valence-electron chi connectivity index (χ1n) is 7.97. The fourth-order valence-corrected chi connectivity index (χ4v) is 4.28. The summed E-state index contributed by atoms with van der Waals surface area (Å²) >= 11 is 0. The quantitative estimate of drug-likeness (QED) is 0.829. The van der Waals surface area contributed by atoms with Crippen molar-refractivity contribution < 1.29 is 9.59 Å². The zero-order valence-electron chi connectivity index (χ0n) is 12.5. The maximum absolute atomic E-state index is 12.9. The van der Waals surface area contributed by atoms with Crippen LogP contribution in [-0.2, 0) is 9.59 Å². The molecule has 3 fully saturated rings. The summed E-state index contributed by atoms with van der Waals surface area (Å²) < 4.78 is 0. The molecule has 0 aliphatic carbocycles. The minimum Gasteiger partial charge on any atom is -0.340 e. The van der Waals surface area contributed by atoms with E-state index in [-0.39, 0.29) is 24.4 Å². The standard InChI is InChI=1S/C15H25N3O2/c1-3-15(4-2)14(20)18(10-13(19)16-15)12-7-9-17-8-5-6-11(12)17/h11-12H,3-10H2,1-2H3,(H,16,19). The van der Waals surface area contributed by atoms with Crippen molar-refractivity contribution in [3.05, 3.63) is 0 Å². The third-order valence-electron chi connectivity index (χ3n) is 5.54. The van der Waals surface area contributed by atoms with Crippen LogP contribution in [0.25, 0.3) is 0 Å². The first-order valence-corrected chi connectivity index (χ1v) is 7.97. The largest absolute Gasteiger partial charge is 0.340 e. The highest BCUT2D eigenvalue weighted by Gasteiger charge is 2.50. The van der Waals surface area contributed by atoms with Crippen molar-refractivity contribution in [1.82, 2.24) is 15.1 Å². The Morgan fingerprint density at radius 1 is 1.15 bits per heavy atom. The minimum absolute atomic E-state index is 0.00440.